The minimum absolute atomic E-state index is 0.0164. The van der Waals surface area contributed by atoms with E-state index >= 15 is 0 Å². The van der Waals surface area contributed by atoms with Crippen LogP contribution in [0.1, 0.15) is 38.0 Å². The molecule has 31 heavy (non-hydrogen) atoms. The fourth-order valence-corrected chi connectivity index (χ4v) is 3.61. The van der Waals surface area contributed by atoms with Crippen LogP contribution in [0, 0.1) is 0 Å². The van der Waals surface area contributed by atoms with E-state index in [2.05, 4.69) is 15.6 Å². The fourth-order valence-electron chi connectivity index (χ4n) is 3.61. The third-order valence-electron chi connectivity index (χ3n) is 5.25. The highest BCUT2D eigenvalue weighted by molar-refractivity contribution is 5.99. The van der Waals surface area contributed by atoms with Crippen molar-refractivity contribution in [1.29, 1.82) is 0 Å². The number of amides is 2. The van der Waals surface area contributed by atoms with E-state index in [-0.39, 0.29) is 18.0 Å². The van der Waals surface area contributed by atoms with Crippen LogP contribution in [0.15, 0.2) is 73.1 Å². The Balaban J connectivity index is 1.45. The highest BCUT2D eigenvalue weighted by Crippen LogP contribution is 2.34. The average Bonchev–Trinajstić information content (AvgIpc) is 3.08. The zero-order valence-corrected chi connectivity index (χ0v) is 17.2. The topological polar surface area (TPSA) is 83.6 Å². The lowest BCUT2D eigenvalue weighted by molar-refractivity contribution is 0.0674. The average molecular weight is 416 g/mol. The smallest absolute Gasteiger partial charge is 0.256 e. The lowest BCUT2D eigenvalue weighted by Crippen LogP contribution is -2.35. The van der Waals surface area contributed by atoms with Gasteiger partial charge in [0.15, 0.2) is 0 Å². The summed E-state index contributed by atoms with van der Waals surface area (Å²) in [4.78, 5) is 31.0. The Labute approximate surface area is 181 Å². The first kappa shape index (κ1) is 20.6. The van der Waals surface area contributed by atoms with Gasteiger partial charge in [0.2, 0.25) is 0 Å². The number of anilines is 1. The zero-order valence-electron chi connectivity index (χ0n) is 17.2. The van der Waals surface area contributed by atoms with Gasteiger partial charge in [0.05, 0.1) is 6.61 Å². The van der Waals surface area contributed by atoms with E-state index in [1.165, 1.54) is 0 Å². The van der Waals surface area contributed by atoms with Gasteiger partial charge in [-0.05, 0) is 48.0 Å². The van der Waals surface area contributed by atoms with Crippen LogP contribution in [0.3, 0.4) is 0 Å². The largest absolute Gasteiger partial charge is 0.383 e. The van der Waals surface area contributed by atoms with E-state index in [1.807, 2.05) is 48.5 Å². The quantitative estimate of drug-likeness (QED) is 0.589. The van der Waals surface area contributed by atoms with Gasteiger partial charge >= 0.3 is 0 Å². The molecule has 0 radical (unpaired) electrons. The maximum absolute atomic E-state index is 12.8. The number of rotatable bonds is 8. The van der Waals surface area contributed by atoms with Crippen LogP contribution in [0.5, 0.6) is 0 Å². The molecule has 3 aromatic rings. The van der Waals surface area contributed by atoms with Crippen molar-refractivity contribution in [2.24, 2.45) is 0 Å². The Bertz CT molecular complexity index is 1050. The Hall–Kier alpha value is -3.71. The van der Waals surface area contributed by atoms with E-state index in [0.29, 0.717) is 30.8 Å². The summed E-state index contributed by atoms with van der Waals surface area (Å²) in [6, 6.07) is 18.6. The molecule has 0 spiro atoms. The lowest BCUT2D eigenvalue weighted by Gasteiger charge is -2.27. The van der Waals surface area contributed by atoms with E-state index in [1.54, 1.807) is 36.5 Å². The highest BCUT2D eigenvalue weighted by atomic mass is 16.5. The molecule has 0 saturated carbocycles. The van der Waals surface area contributed by atoms with E-state index < -0.39 is 0 Å². The van der Waals surface area contributed by atoms with Crippen LogP contribution in [0.2, 0.25) is 0 Å². The van der Waals surface area contributed by atoms with Gasteiger partial charge in [-0.3, -0.25) is 14.6 Å². The molecule has 0 saturated heterocycles. The van der Waals surface area contributed by atoms with Crippen molar-refractivity contribution in [3.63, 3.8) is 0 Å². The highest BCUT2D eigenvalue weighted by Gasteiger charge is 2.36. The SMILES string of the molecule is COCCN1C(=O)c2ccccc2C1Nc1ccc(C(=O)NCc2ccncc2)cc1. The van der Waals surface area contributed by atoms with E-state index in [4.69, 9.17) is 4.74 Å². The number of benzene rings is 2. The minimum atomic E-state index is -0.287. The number of carbonyl (C=O) groups excluding carboxylic acids is 2. The number of fused-ring (bicyclic) bond motifs is 1. The number of hydrogen-bond acceptors (Lipinski definition) is 5. The second kappa shape index (κ2) is 9.40. The summed E-state index contributed by atoms with van der Waals surface area (Å²) < 4.78 is 5.18. The molecule has 1 atom stereocenters. The summed E-state index contributed by atoms with van der Waals surface area (Å²) in [5.41, 5.74) is 4.01. The Kier molecular flexibility index (Phi) is 6.24. The van der Waals surface area contributed by atoms with Crippen LogP contribution in [-0.4, -0.2) is 42.0 Å². The third-order valence-corrected chi connectivity index (χ3v) is 5.25. The molecule has 2 heterocycles. The van der Waals surface area contributed by atoms with Gasteiger partial charge in [0, 0.05) is 55.0 Å². The van der Waals surface area contributed by atoms with Crippen molar-refractivity contribution in [1.82, 2.24) is 15.2 Å². The number of methoxy groups -OCH3 is 1. The predicted molar refractivity (Wildman–Crippen MR) is 118 cm³/mol. The third kappa shape index (κ3) is 4.57. The number of ether oxygens (including phenoxy) is 1. The fraction of sp³-hybridized carbons (Fsp3) is 0.208. The van der Waals surface area contributed by atoms with Gasteiger partial charge in [-0.1, -0.05) is 18.2 Å². The molecule has 7 heteroatoms. The molecule has 1 aromatic heterocycles. The van der Waals surface area contributed by atoms with Crippen molar-refractivity contribution in [3.05, 3.63) is 95.3 Å². The van der Waals surface area contributed by atoms with Gasteiger partial charge in [-0.15, -0.1) is 0 Å². The molecule has 0 fully saturated rings. The lowest BCUT2D eigenvalue weighted by atomic mass is 10.1. The molecule has 0 aliphatic carbocycles. The molecule has 2 amide bonds. The number of pyridine rings is 1. The maximum atomic E-state index is 12.8. The molecule has 2 aromatic carbocycles. The maximum Gasteiger partial charge on any atom is 0.256 e. The first-order chi connectivity index (χ1) is 15.2. The van der Waals surface area contributed by atoms with Crippen molar-refractivity contribution < 1.29 is 14.3 Å². The summed E-state index contributed by atoms with van der Waals surface area (Å²) in [5.74, 6) is -0.163. The standard InChI is InChI=1S/C24H24N4O3/c1-31-15-14-28-22(20-4-2-3-5-21(20)24(28)30)27-19-8-6-18(7-9-19)23(29)26-16-17-10-12-25-13-11-17/h2-13,22,27H,14-16H2,1H3,(H,26,29). The second-order valence-corrected chi connectivity index (χ2v) is 7.24. The summed E-state index contributed by atoms with van der Waals surface area (Å²) in [7, 11) is 1.62. The van der Waals surface area contributed by atoms with E-state index in [0.717, 1.165) is 16.8 Å². The van der Waals surface area contributed by atoms with Crippen LogP contribution in [0.25, 0.3) is 0 Å². The summed E-state index contributed by atoms with van der Waals surface area (Å²) in [6.45, 7) is 1.38. The van der Waals surface area contributed by atoms with Gasteiger partial charge in [-0.25, -0.2) is 0 Å². The number of nitrogens with one attached hydrogen (secondary N) is 2. The number of nitrogens with zero attached hydrogens (tertiary/aromatic N) is 2. The first-order valence-electron chi connectivity index (χ1n) is 10.1. The zero-order chi connectivity index (χ0) is 21.6. The predicted octanol–water partition coefficient (Wildman–Crippen LogP) is 3.22. The van der Waals surface area contributed by atoms with Crippen molar-refractivity contribution in [2.45, 2.75) is 12.7 Å². The Morgan fingerprint density at radius 1 is 1.06 bits per heavy atom. The number of aromatic nitrogens is 1. The van der Waals surface area contributed by atoms with Crippen LogP contribution >= 0.6 is 0 Å². The molecule has 1 aliphatic rings. The van der Waals surface area contributed by atoms with Crippen molar-refractivity contribution in [3.8, 4) is 0 Å². The molecule has 0 bridgehead atoms. The van der Waals surface area contributed by atoms with Gasteiger partial charge in [-0.2, -0.15) is 0 Å². The molecule has 1 aliphatic heterocycles. The van der Waals surface area contributed by atoms with E-state index in [9.17, 15) is 9.59 Å². The molecular weight excluding hydrogens is 392 g/mol. The van der Waals surface area contributed by atoms with Crippen LogP contribution < -0.4 is 10.6 Å². The Morgan fingerprint density at radius 3 is 2.55 bits per heavy atom. The van der Waals surface area contributed by atoms with Crippen LogP contribution in [-0.2, 0) is 11.3 Å². The monoisotopic (exact) mass is 416 g/mol. The van der Waals surface area contributed by atoms with Gasteiger partial charge in [0.25, 0.3) is 11.8 Å². The summed E-state index contributed by atoms with van der Waals surface area (Å²) in [5, 5.41) is 6.32. The molecular formula is C24H24N4O3. The van der Waals surface area contributed by atoms with Crippen molar-refractivity contribution >= 4 is 17.5 Å². The Morgan fingerprint density at radius 2 is 1.81 bits per heavy atom. The first-order valence-corrected chi connectivity index (χ1v) is 10.1. The number of hydrogen-bond donors (Lipinski definition) is 2. The summed E-state index contributed by atoms with van der Waals surface area (Å²) >= 11 is 0. The molecule has 158 valence electrons. The minimum Gasteiger partial charge on any atom is -0.383 e. The molecule has 4 rings (SSSR count). The second-order valence-electron chi connectivity index (χ2n) is 7.24. The molecule has 7 nitrogen and oxygen atoms in total. The molecule has 1 unspecified atom stereocenters. The molecule has 2 N–H and O–H groups in total. The summed E-state index contributed by atoms with van der Waals surface area (Å²) in [6.07, 6.45) is 3.11. The van der Waals surface area contributed by atoms with Gasteiger partial charge < -0.3 is 20.3 Å². The van der Waals surface area contributed by atoms with Gasteiger partial charge in [0.1, 0.15) is 6.17 Å². The van der Waals surface area contributed by atoms with Crippen molar-refractivity contribution in [2.75, 3.05) is 25.6 Å². The number of carbonyl (C=O) groups is 2. The van der Waals surface area contributed by atoms with Crippen LogP contribution in [0.4, 0.5) is 5.69 Å². The normalized spacial score (nSPS) is 14.9.